The molecule has 1 N–H and O–H groups in total. The van der Waals surface area contributed by atoms with Crippen molar-refractivity contribution in [3.63, 3.8) is 0 Å². The van der Waals surface area contributed by atoms with Gasteiger partial charge in [-0.2, -0.15) is 0 Å². The fourth-order valence-electron chi connectivity index (χ4n) is 1.09. The standard InChI is InChI=1S/C11H14BrNO2/c1-2-15-8-11(14)13-7-9-4-3-5-10(12)6-9/h3-6H,2,7-8H2,1H3,(H,13,14). The normalized spacial score (nSPS) is 10.0. The Hall–Kier alpha value is -0.870. The third kappa shape index (κ3) is 4.95. The highest BCUT2D eigenvalue weighted by Crippen LogP contribution is 2.11. The second-order valence-corrected chi connectivity index (χ2v) is 3.96. The van der Waals surface area contributed by atoms with E-state index in [1.165, 1.54) is 0 Å². The van der Waals surface area contributed by atoms with E-state index in [1.54, 1.807) is 0 Å². The Morgan fingerprint density at radius 2 is 2.33 bits per heavy atom. The quantitative estimate of drug-likeness (QED) is 0.891. The molecule has 0 fully saturated rings. The van der Waals surface area contributed by atoms with Gasteiger partial charge in [-0.3, -0.25) is 4.79 Å². The average Bonchev–Trinajstić information content (AvgIpc) is 2.23. The zero-order chi connectivity index (χ0) is 11.1. The number of halogens is 1. The van der Waals surface area contributed by atoms with Crippen LogP contribution < -0.4 is 5.32 Å². The molecule has 0 saturated heterocycles. The average molecular weight is 272 g/mol. The van der Waals surface area contributed by atoms with E-state index < -0.39 is 0 Å². The van der Waals surface area contributed by atoms with Crippen LogP contribution in [-0.2, 0) is 16.1 Å². The van der Waals surface area contributed by atoms with Gasteiger partial charge in [0.05, 0.1) is 0 Å². The van der Waals surface area contributed by atoms with Crippen LogP contribution in [0.4, 0.5) is 0 Å². The number of carbonyl (C=O) groups is 1. The summed E-state index contributed by atoms with van der Waals surface area (Å²) in [6.07, 6.45) is 0. The summed E-state index contributed by atoms with van der Waals surface area (Å²) in [6, 6.07) is 7.83. The molecule has 3 nitrogen and oxygen atoms in total. The lowest BCUT2D eigenvalue weighted by Crippen LogP contribution is -2.27. The molecule has 0 aromatic heterocycles. The van der Waals surface area contributed by atoms with Gasteiger partial charge in [-0.25, -0.2) is 0 Å². The molecule has 0 saturated carbocycles. The van der Waals surface area contributed by atoms with Gasteiger partial charge in [0.15, 0.2) is 0 Å². The number of benzene rings is 1. The smallest absolute Gasteiger partial charge is 0.246 e. The topological polar surface area (TPSA) is 38.3 Å². The van der Waals surface area contributed by atoms with E-state index >= 15 is 0 Å². The molecule has 1 amide bonds. The van der Waals surface area contributed by atoms with Crippen molar-refractivity contribution in [1.82, 2.24) is 5.32 Å². The van der Waals surface area contributed by atoms with Crippen molar-refractivity contribution in [1.29, 1.82) is 0 Å². The maximum Gasteiger partial charge on any atom is 0.246 e. The summed E-state index contributed by atoms with van der Waals surface area (Å²) < 4.78 is 6.00. The minimum Gasteiger partial charge on any atom is -0.372 e. The van der Waals surface area contributed by atoms with Gasteiger partial charge < -0.3 is 10.1 Å². The van der Waals surface area contributed by atoms with Gasteiger partial charge in [0.1, 0.15) is 6.61 Å². The number of nitrogens with one attached hydrogen (secondary N) is 1. The summed E-state index contributed by atoms with van der Waals surface area (Å²) in [7, 11) is 0. The SMILES string of the molecule is CCOCC(=O)NCc1cccc(Br)c1. The molecule has 15 heavy (non-hydrogen) atoms. The third-order valence-electron chi connectivity index (χ3n) is 1.82. The van der Waals surface area contributed by atoms with Gasteiger partial charge in [-0.15, -0.1) is 0 Å². The first-order valence-electron chi connectivity index (χ1n) is 4.81. The summed E-state index contributed by atoms with van der Waals surface area (Å²) in [4.78, 5) is 11.2. The fraction of sp³-hybridized carbons (Fsp3) is 0.364. The number of ether oxygens (including phenoxy) is 1. The van der Waals surface area contributed by atoms with Gasteiger partial charge in [-0.1, -0.05) is 28.1 Å². The van der Waals surface area contributed by atoms with E-state index in [0.717, 1.165) is 10.0 Å². The summed E-state index contributed by atoms with van der Waals surface area (Å²) in [6.45, 7) is 3.09. The lowest BCUT2D eigenvalue weighted by atomic mass is 10.2. The molecule has 0 aliphatic rings. The van der Waals surface area contributed by atoms with Crippen molar-refractivity contribution < 1.29 is 9.53 Å². The van der Waals surface area contributed by atoms with E-state index in [-0.39, 0.29) is 12.5 Å². The number of hydrogen-bond donors (Lipinski definition) is 1. The Morgan fingerprint density at radius 3 is 3.00 bits per heavy atom. The highest BCUT2D eigenvalue weighted by atomic mass is 79.9. The third-order valence-corrected chi connectivity index (χ3v) is 2.31. The van der Waals surface area contributed by atoms with Crippen molar-refractivity contribution in [3.05, 3.63) is 34.3 Å². The molecule has 0 aliphatic heterocycles. The summed E-state index contributed by atoms with van der Waals surface area (Å²) in [5, 5.41) is 2.78. The Kier molecular flexibility index (Phi) is 5.36. The molecule has 0 spiro atoms. The monoisotopic (exact) mass is 271 g/mol. The predicted octanol–water partition coefficient (Wildman–Crippen LogP) is 2.10. The maximum atomic E-state index is 11.2. The molecule has 0 radical (unpaired) electrons. The lowest BCUT2D eigenvalue weighted by Gasteiger charge is -2.05. The van der Waals surface area contributed by atoms with Crippen LogP contribution in [0.1, 0.15) is 12.5 Å². The molecule has 1 aromatic rings. The van der Waals surface area contributed by atoms with Crippen molar-refractivity contribution in [2.45, 2.75) is 13.5 Å². The van der Waals surface area contributed by atoms with Gasteiger partial charge in [0.2, 0.25) is 5.91 Å². The number of amides is 1. The van der Waals surface area contributed by atoms with Crippen molar-refractivity contribution in [2.24, 2.45) is 0 Å². The Balaban J connectivity index is 2.33. The van der Waals surface area contributed by atoms with Crippen LogP contribution in [0.25, 0.3) is 0 Å². The number of rotatable bonds is 5. The predicted molar refractivity (Wildman–Crippen MR) is 62.5 cm³/mol. The summed E-state index contributed by atoms with van der Waals surface area (Å²) >= 11 is 3.37. The first-order chi connectivity index (χ1) is 7.22. The van der Waals surface area contributed by atoms with Crippen molar-refractivity contribution in [3.8, 4) is 0 Å². The molecular weight excluding hydrogens is 258 g/mol. The van der Waals surface area contributed by atoms with Crippen LogP contribution in [-0.4, -0.2) is 19.1 Å². The zero-order valence-corrected chi connectivity index (χ0v) is 10.2. The summed E-state index contributed by atoms with van der Waals surface area (Å²) in [5.41, 5.74) is 1.06. The van der Waals surface area contributed by atoms with Gasteiger partial charge in [0.25, 0.3) is 0 Å². The van der Waals surface area contributed by atoms with Crippen LogP contribution in [0.2, 0.25) is 0 Å². The molecule has 0 bridgehead atoms. The minimum atomic E-state index is -0.0863. The van der Waals surface area contributed by atoms with E-state index in [1.807, 2.05) is 31.2 Å². The van der Waals surface area contributed by atoms with E-state index in [2.05, 4.69) is 21.2 Å². The van der Waals surface area contributed by atoms with E-state index in [9.17, 15) is 4.79 Å². The molecule has 4 heteroatoms. The van der Waals surface area contributed by atoms with Crippen molar-refractivity contribution >= 4 is 21.8 Å². The maximum absolute atomic E-state index is 11.2. The molecule has 1 aromatic carbocycles. The largest absolute Gasteiger partial charge is 0.372 e. The van der Waals surface area contributed by atoms with Crippen LogP contribution in [0.5, 0.6) is 0 Å². The second kappa shape index (κ2) is 6.58. The molecule has 0 unspecified atom stereocenters. The van der Waals surface area contributed by atoms with Crippen molar-refractivity contribution in [2.75, 3.05) is 13.2 Å². The molecule has 0 heterocycles. The molecule has 0 atom stereocenters. The van der Waals surface area contributed by atoms with E-state index in [4.69, 9.17) is 4.74 Å². The Labute approximate surface area is 97.9 Å². The molecule has 82 valence electrons. The van der Waals surface area contributed by atoms with Crippen LogP contribution in [0.15, 0.2) is 28.7 Å². The van der Waals surface area contributed by atoms with Gasteiger partial charge in [-0.05, 0) is 24.6 Å². The molecular formula is C11H14BrNO2. The number of hydrogen-bond acceptors (Lipinski definition) is 2. The summed E-state index contributed by atoms with van der Waals surface area (Å²) in [5.74, 6) is -0.0863. The van der Waals surface area contributed by atoms with Crippen LogP contribution in [0.3, 0.4) is 0 Å². The Bertz CT molecular complexity index is 328. The lowest BCUT2D eigenvalue weighted by molar-refractivity contribution is -0.125. The number of carbonyl (C=O) groups excluding carboxylic acids is 1. The van der Waals surface area contributed by atoms with Crippen LogP contribution >= 0.6 is 15.9 Å². The first-order valence-corrected chi connectivity index (χ1v) is 5.60. The van der Waals surface area contributed by atoms with E-state index in [0.29, 0.717) is 13.2 Å². The fourth-order valence-corrected chi connectivity index (χ4v) is 1.54. The molecule has 1 rings (SSSR count). The highest BCUT2D eigenvalue weighted by Gasteiger charge is 2.00. The van der Waals surface area contributed by atoms with Gasteiger partial charge in [0, 0.05) is 17.6 Å². The highest BCUT2D eigenvalue weighted by molar-refractivity contribution is 9.10. The first kappa shape index (κ1) is 12.2. The van der Waals surface area contributed by atoms with Gasteiger partial charge >= 0.3 is 0 Å². The molecule has 0 aliphatic carbocycles. The minimum absolute atomic E-state index is 0.0863. The van der Waals surface area contributed by atoms with Crippen LogP contribution in [0, 0.1) is 0 Å². The Morgan fingerprint density at radius 1 is 1.53 bits per heavy atom. The second-order valence-electron chi connectivity index (χ2n) is 3.04. The zero-order valence-electron chi connectivity index (χ0n) is 8.63.